The minimum absolute atomic E-state index is 0.109. The smallest absolute Gasteiger partial charge is 0.251 e. The van der Waals surface area contributed by atoms with Gasteiger partial charge >= 0.3 is 0 Å². The van der Waals surface area contributed by atoms with Gasteiger partial charge in [-0.3, -0.25) is 9.69 Å². The van der Waals surface area contributed by atoms with Crippen LogP contribution in [0.5, 0.6) is 0 Å². The maximum atomic E-state index is 12.7. The van der Waals surface area contributed by atoms with Crippen LogP contribution in [0.2, 0.25) is 5.02 Å². The Balaban J connectivity index is 2.23. The van der Waals surface area contributed by atoms with Crippen LogP contribution in [0.1, 0.15) is 35.8 Å². The van der Waals surface area contributed by atoms with Gasteiger partial charge in [-0.25, -0.2) is 13.1 Å². The van der Waals surface area contributed by atoms with Crippen LogP contribution in [0.3, 0.4) is 0 Å². The summed E-state index contributed by atoms with van der Waals surface area (Å²) in [7, 11) is -2.20. The lowest BCUT2D eigenvalue weighted by molar-refractivity contribution is 0.0963. The van der Waals surface area contributed by atoms with E-state index in [1.807, 2.05) is 32.0 Å². The predicted octanol–water partition coefficient (Wildman–Crippen LogP) is 3.06. The van der Waals surface area contributed by atoms with Crippen molar-refractivity contribution in [2.75, 3.05) is 26.7 Å². The minimum atomic E-state index is -3.73. The van der Waals surface area contributed by atoms with Crippen molar-refractivity contribution in [1.29, 1.82) is 0 Å². The van der Waals surface area contributed by atoms with Crippen molar-refractivity contribution in [3.63, 3.8) is 0 Å². The molecule has 0 aliphatic rings. The SMILES string of the molecule is CCN(CC)C(CNS(=O)(=O)c1ccc(C(=O)NC)cc1)c1ccccc1Cl. The first-order chi connectivity index (χ1) is 13.3. The van der Waals surface area contributed by atoms with E-state index < -0.39 is 10.0 Å². The molecule has 2 N–H and O–H groups in total. The second-order valence-electron chi connectivity index (χ2n) is 6.21. The number of likely N-dealkylation sites (N-methyl/N-ethyl adjacent to an activating group) is 1. The number of hydrogen-bond donors (Lipinski definition) is 2. The third-order valence-electron chi connectivity index (χ3n) is 4.64. The zero-order valence-electron chi connectivity index (χ0n) is 16.3. The van der Waals surface area contributed by atoms with Crippen LogP contribution in [-0.4, -0.2) is 45.9 Å². The Morgan fingerprint density at radius 1 is 1.07 bits per heavy atom. The van der Waals surface area contributed by atoms with E-state index in [-0.39, 0.29) is 23.4 Å². The van der Waals surface area contributed by atoms with Gasteiger partial charge in [0.1, 0.15) is 0 Å². The number of hydrogen-bond acceptors (Lipinski definition) is 4. The molecule has 6 nitrogen and oxygen atoms in total. The molecule has 0 fully saturated rings. The van der Waals surface area contributed by atoms with Crippen molar-refractivity contribution in [1.82, 2.24) is 14.9 Å². The highest BCUT2D eigenvalue weighted by molar-refractivity contribution is 7.89. The molecule has 2 aromatic rings. The molecular formula is C20H26ClN3O3S. The Kier molecular flexibility index (Phi) is 8.00. The zero-order valence-corrected chi connectivity index (χ0v) is 17.8. The number of halogens is 1. The van der Waals surface area contributed by atoms with Crippen molar-refractivity contribution >= 4 is 27.5 Å². The van der Waals surface area contributed by atoms with Gasteiger partial charge in [0.25, 0.3) is 5.91 Å². The monoisotopic (exact) mass is 423 g/mol. The Morgan fingerprint density at radius 2 is 1.68 bits per heavy atom. The molecule has 0 aliphatic heterocycles. The van der Waals surface area contributed by atoms with Gasteiger partial charge in [-0.2, -0.15) is 0 Å². The molecular weight excluding hydrogens is 398 g/mol. The molecule has 8 heteroatoms. The van der Waals surface area contributed by atoms with Gasteiger partial charge < -0.3 is 5.32 Å². The molecule has 1 unspecified atom stereocenters. The molecule has 1 atom stereocenters. The average Bonchev–Trinajstić information content (AvgIpc) is 2.71. The predicted molar refractivity (Wildman–Crippen MR) is 112 cm³/mol. The maximum Gasteiger partial charge on any atom is 0.251 e. The van der Waals surface area contributed by atoms with E-state index >= 15 is 0 Å². The van der Waals surface area contributed by atoms with Crippen LogP contribution >= 0.6 is 11.6 Å². The fourth-order valence-corrected chi connectivity index (χ4v) is 4.35. The molecule has 0 heterocycles. The highest BCUT2D eigenvalue weighted by Crippen LogP contribution is 2.27. The number of rotatable bonds is 9. The lowest BCUT2D eigenvalue weighted by Gasteiger charge is -2.30. The van der Waals surface area contributed by atoms with Crippen LogP contribution < -0.4 is 10.0 Å². The highest BCUT2D eigenvalue weighted by Gasteiger charge is 2.23. The number of nitrogens with zero attached hydrogens (tertiary/aromatic N) is 1. The number of sulfonamides is 1. The average molecular weight is 424 g/mol. The molecule has 2 aromatic carbocycles. The molecule has 1 amide bonds. The number of benzene rings is 2. The van der Waals surface area contributed by atoms with Crippen LogP contribution in [0.4, 0.5) is 0 Å². The van der Waals surface area contributed by atoms with Gasteiger partial charge in [0.05, 0.1) is 4.90 Å². The van der Waals surface area contributed by atoms with E-state index in [0.29, 0.717) is 10.6 Å². The number of carbonyl (C=O) groups is 1. The fourth-order valence-electron chi connectivity index (χ4n) is 3.05. The molecule has 0 radical (unpaired) electrons. The van der Waals surface area contributed by atoms with Crippen molar-refractivity contribution < 1.29 is 13.2 Å². The summed E-state index contributed by atoms with van der Waals surface area (Å²) in [5.74, 6) is -0.266. The normalized spacial score (nSPS) is 12.8. The van der Waals surface area contributed by atoms with Gasteiger partial charge in [0.15, 0.2) is 0 Å². The van der Waals surface area contributed by atoms with Crippen molar-refractivity contribution in [3.05, 3.63) is 64.7 Å². The van der Waals surface area contributed by atoms with E-state index in [4.69, 9.17) is 11.6 Å². The lowest BCUT2D eigenvalue weighted by Crippen LogP contribution is -2.38. The fraction of sp³-hybridized carbons (Fsp3) is 0.350. The third kappa shape index (κ3) is 5.32. The van der Waals surface area contributed by atoms with E-state index in [1.165, 1.54) is 31.3 Å². The maximum absolute atomic E-state index is 12.7. The van der Waals surface area contributed by atoms with Crippen molar-refractivity contribution in [3.8, 4) is 0 Å². The van der Waals surface area contributed by atoms with Crippen molar-refractivity contribution in [2.45, 2.75) is 24.8 Å². The molecule has 28 heavy (non-hydrogen) atoms. The largest absolute Gasteiger partial charge is 0.355 e. The Morgan fingerprint density at radius 3 is 2.21 bits per heavy atom. The molecule has 2 rings (SSSR count). The third-order valence-corrected chi connectivity index (χ3v) is 6.42. The number of carbonyl (C=O) groups excluding carboxylic acids is 1. The summed E-state index contributed by atoms with van der Waals surface area (Å²) in [6.45, 7) is 5.76. The minimum Gasteiger partial charge on any atom is -0.355 e. The summed E-state index contributed by atoms with van der Waals surface area (Å²) in [6, 6.07) is 13.1. The summed E-state index contributed by atoms with van der Waals surface area (Å²) in [5, 5.41) is 3.11. The topological polar surface area (TPSA) is 78.5 Å². The summed E-state index contributed by atoms with van der Waals surface area (Å²) in [4.78, 5) is 13.9. The molecule has 0 bridgehead atoms. The Labute approximate surface area is 171 Å². The van der Waals surface area contributed by atoms with E-state index in [9.17, 15) is 13.2 Å². The van der Waals surface area contributed by atoms with Crippen molar-refractivity contribution in [2.24, 2.45) is 0 Å². The van der Waals surface area contributed by atoms with E-state index in [0.717, 1.165) is 18.7 Å². The standard InChI is InChI=1S/C20H26ClN3O3S/c1-4-24(5-2)19(17-8-6-7-9-18(17)21)14-23-28(26,27)16-12-10-15(11-13-16)20(25)22-3/h6-13,19,23H,4-5,14H2,1-3H3,(H,22,25). The quantitative estimate of drug-likeness (QED) is 0.649. The first kappa shape index (κ1) is 22.4. The van der Waals surface area contributed by atoms with Crippen LogP contribution in [0, 0.1) is 0 Å². The Hall–Kier alpha value is -1.93. The molecule has 0 saturated carbocycles. The first-order valence-corrected chi connectivity index (χ1v) is 11.0. The summed E-state index contributed by atoms with van der Waals surface area (Å²) < 4.78 is 28.2. The van der Waals surface area contributed by atoms with Gasteiger partial charge in [-0.1, -0.05) is 43.6 Å². The van der Waals surface area contributed by atoms with E-state index in [2.05, 4.69) is 14.9 Å². The molecule has 0 saturated heterocycles. The number of amides is 1. The molecule has 0 spiro atoms. The van der Waals surface area contributed by atoms with Gasteiger partial charge in [-0.15, -0.1) is 0 Å². The summed E-state index contributed by atoms with van der Waals surface area (Å²) >= 11 is 6.36. The first-order valence-electron chi connectivity index (χ1n) is 9.14. The van der Waals surface area contributed by atoms with Gasteiger partial charge in [0.2, 0.25) is 10.0 Å². The highest BCUT2D eigenvalue weighted by atomic mass is 35.5. The van der Waals surface area contributed by atoms with E-state index in [1.54, 1.807) is 6.07 Å². The van der Waals surface area contributed by atoms with Crippen LogP contribution in [0.15, 0.2) is 53.4 Å². The molecule has 0 aliphatic carbocycles. The zero-order chi connectivity index (χ0) is 20.7. The van der Waals surface area contributed by atoms with Crippen LogP contribution in [0.25, 0.3) is 0 Å². The second kappa shape index (κ2) is 10.0. The summed E-state index contributed by atoms with van der Waals surface area (Å²) in [6.07, 6.45) is 0. The Bertz CT molecular complexity index is 897. The number of nitrogens with one attached hydrogen (secondary N) is 2. The lowest BCUT2D eigenvalue weighted by atomic mass is 10.1. The van der Waals surface area contributed by atoms with Gasteiger partial charge in [-0.05, 0) is 49.0 Å². The van der Waals surface area contributed by atoms with Crippen LogP contribution in [-0.2, 0) is 10.0 Å². The molecule has 152 valence electrons. The summed E-state index contributed by atoms with van der Waals surface area (Å²) in [5.41, 5.74) is 1.28. The van der Waals surface area contributed by atoms with Gasteiger partial charge in [0, 0.05) is 30.2 Å². The molecule has 0 aromatic heterocycles. The second-order valence-corrected chi connectivity index (χ2v) is 8.39.